The molecule has 0 aliphatic rings. The third-order valence-electron chi connectivity index (χ3n) is 3.20. The van der Waals surface area contributed by atoms with Crippen LogP contribution in [0.4, 0.5) is 0 Å². The second kappa shape index (κ2) is 7.65. The molecule has 1 aromatic carbocycles. The van der Waals surface area contributed by atoms with Gasteiger partial charge in [0.15, 0.2) is 0 Å². The van der Waals surface area contributed by atoms with Gasteiger partial charge in [0, 0.05) is 12.6 Å². The van der Waals surface area contributed by atoms with Gasteiger partial charge in [-0.05, 0) is 43.4 Å². The van der Waals surface area contributed by atoms with Crippen molar-refractivity contribution in [3.63, 3.8) is 0 Å². The molecule has 0 heterocycles. The maximum atomic E-state index is 10.0. The molecular weight excluding hydrogens is 250 g/mol. The standard InChI is InChI=1S/C17H29NO2/c1-6-20-16-9-7-14(8-10-16)13(2)18-12-15(19)11-17(3,4)5/h7-10,13,15,18-19H,6,11-12H2,1-5H3. The van der Waals surface area contributed by atoms with Crippen LogP contribution in [0.5, 0.6) is 5.75 Å². The predicted octanol–water partition coefficient (Wildman–Crippen LogP) is 3.53. The average Bonchev–Trinajstić information content (AvgIpc) is 2.35. The summed E-state index contributed by atoms with van der Waals surface area (Å²) < 4.78 is 5.43. The topological polar surface area (TPSA) is 41.5 Å². The first kappa shape index (κ1) is 17.0. The summed E-state index contributed by atoms with van der Waals surface area (Å²) in [4.78, 5) is 0. The highest BCUT2D eigenvalue weighted by Gasteiger charge is 2.17. The minimum absolute atomic E-state index is 0.156. The quantitative estimate of drug-likeness (QED) is 0.802. The zero-order chi connectivity index (χ0) is 15.2. The summed E-state index contributed by atoms with van der Waals surface area (Å²) in [7, 11) is 0. The van der Waals surface area contributed by atoms with E-state index in [2.05, 4.69) is 45.1 Å². The fourth-order valence-corrected chi connectivity index (χ4v) is 2.23. The maximum Gasteiger partial charge on any atom is 0.119 e. The number of hydrogen-bond acceptors (Lipinski definition) is 3. The van der Waals surface area contributed by atoms with E-state index in [0.29, 0.717) is 13.2 Å². The highest BCUT2D eigenvalue weighted by molar-refractivity contribution is 5.28. The number of aliphatic hydroxyl groups excluding tert-OH is 1. The fourth-order valence-electron chi connectivity index (χ4n) is 2.23. The van der Waals surface area contributed by atoms with Gasteiger partial charge in [0.2, 0.25) is 0 Å². The van der Waals surface area contributed by atoms with Crippen LogP contribution in [0, 0.1) is 5.41 Å². The number of ether oxygens (including phenoxy) is 1. The Morgan fingerprint density at radius 3 is 2.30 bits per heavy atom. The average molecular weight is 279 g/mol. The number of aliphatic hydroxyl groups is 1. The molecule has 0 saturated heterocycles. The van der Waals surface area contributed by atoms with Crippen molar-refractivity contribution in [3.05, 3.63) is 29.8 Å². The van der Waals surface area contributed by atoms with Gasteiger partial charge in [-0.3, -0.25) is 0 Å². The van der Waals surface area contributed by atoms with Gasteiger partial charge in [0.25, 0.3) is 0 Å². The first-order chi connectivity index (χ1) is 9.31. The summed E-state index contributed by atoms with van der Waals surface area (Å²) in [5, 5.41) is 13.4. The van der Waals surface area contributed by atoms with Gasteiger partial charge >= 0.3 is 0 Å². The van der Waals surface area contributed by atoms with E-state index in [9.17, 15) is 5.11 Å². The third kappa shape index (κ3) is 6.40. The normalized spacial score (nSPS) is 14.9. The Hall–Kier alpha value is -1.06. The van der Waals surface area contributed by atoms with Crippen molar-refractivity contribution in [2.24, 2.45) is 5.41 Å². The molecule has 0 saturated carbocycles. The summed E-state index contributed by atoms with van der Waals surface area (Å²) in [5.74, 6) is 0.899. The van der Waals surface area contributed by atoms with E-state index in [1.165, 1.54) is 5.56 Å². The molecule has 2 atom stereocenters. The van der Waals surface area contributed by atoms with Gasteiger partial charge < -0.3 is 15.2 Å². The summed E-state index contributed by atoms with van der Waals surface area (Å²) >= 11 is 0. The maximum absolute atomic E-state index is 10.0. The van der Waals surface area contributed by atoms with Gasteiger partial charge in [-0.25, -0.2) is 0 Å². The van der Waals surface area contributed by atoms with E-state index in [4.69, 9.17) is 4.74 Å². The molecule has 3 nitrogen and oxygen atoms in total. The van der Waals surface area contributed by atoms with Crippen molar-refractivity contribution in [3.8, 4) is 5.75 Å². The summed E-state index contributed by atoms with van der Waals surface area (Å²) in [6.45, 7) is 11.8. The number of rotatable bonds is 7. The number of nitrogens with one attached hydrogen (secondary N) is 1. The van der Waals surface area contributed by atoms with Crippen molar-refractivity contribution in [1.82, 2.24) is 5.32 Å². The second-order valence-electron chi connectivity index (χ2n) is 6.55. The van der Waals surface area contributed by atoms with Crippen LogP contribution in [0.25, 0.3) is 0 Å². The summed E-state index contributed by atoms with van der Waals surface area (Å²) in [6, 6.07) is 8.34. The lowest BCUT2D eigenvalue weighted by Gasteiger charge is -2.24. The molecular formula is C17H29NO2. The first-order valence-corrected chi connectivity index (χ1v) is 7.46. The zero-order valence-corrected chi connectivity index (χ0v) is 13.4. The molecule has 0 aliphatic heterocycles. The molecule has 0 amide bonds. The summed E-state index contributed by atoms with van der Waals surface area (Å²) in [5.41, 5.74) is 1.36. The number of hydrogen-bond donors (Lipinski definition) is 2. The van der Waals surface area contributed by atoms with Gasteiger partial charge in [-0.15, -0.1) is 0 Å². The number of benzene rings is 1. The van der Waals surface area contributed by atoms with E-state index in [1.807, 2.05) is 19.1 Å². The molecule has 2 unspecified atom stereocenters. The molecule has 0 radical (unpaired) electrons. The molecule has 1 rings (SSSR count). The van der Waals surface area contributed by atoms with Crippen LogP contribution in [0.15, 0.2) is 24.3 Å². The lowest BCUT2D eigenvalue weighted by atomic mass is 9.89. The Kier molecular flexibility index (Phi) is 6.50. The van der Waals surface area contributed by atoms with Gasteiger partial charge in [0.1, 0.15) is 5.75 Å². The minimum Gasteiger partial charge on any atom is -0.494 e. The third-order valence-corrected chi connectivity index (χ3v) is 3.20. The van der Waals surface area contributed by atoms with Crippen molar-refractivity contribution >= 4 is 0 Å². The molecule has 0 aliphatic carbocycles. The van der Waals surface area contributed by atoms with Crippen molar-refractivity contribution in [1.29, 1.82) is 0 Å². The van der Waals surface area contributed by atoms with Crippen LogP contribution >= 0.6 is 0 Å². The molecule has 20 heavy (non-hydrogen) atoms. The molecule has 0 spiro atoms. The molecule has 3 heteroatoms. The van der Waals surface area contributed by atoms with Crippen LogP contribution in [0.2, 0.25) is 0 Å². The van der Waals surface area contributed by atoms with Crippen molar-refractivity contribution in [2.45, 2.75) is 53.2 Å². The molecule has 1 aromatic rings. The largest absolute Gasteiger partial charge is 0.494 e. The Balaban J connectivity index is 2.44. The summed E-state index contributed by atoms with van der Waals surface area (Å²) in [6.07, 6.45) is 0.496. The molecule has 2 N–H and O–H groups in total. The van der Waals surface area contributed by atoms with Gasteiger partial charge in [-0.1, -0.05) is 32.9 Å². The lowest BCUT2D eigenvalue weighted by molar-refractivity contribution is 0.117. The monoisotopic (exact) mass is 279 g/mol. The van der Waals surface area contributed by atoms with Crippen LogP contribution in [-0.2, 0) is 0 Å². The molecule has 114 valence electrons. The van der Waals surface area contributed by atoms with Crippen LogP contribution in [-0.4, -0.2) is 24.4 Å². The Bertz CT molecular complexity index is 381. The SMILES string of the molecule is CCOc1ccc(C(C)NCC(O)CC(C)(C)C)cc1. The van der Waals surface area contributed by atoms with E-state index in [0.717, 1.165) is 12.2 Å². The molecule has 0 aromatic heterocycles. The second-order valence-corrected chi connectivity index (χ2v) is 6.55. The van der Waals surface area contributed by atoms with Gasteiger partial charge in [-0.2, -0.15) is 0 Å². The smallest absolute Gasteiger partial charge is 0.119 e. The van der Waals surface area contributed by atoms with Crippen LogP contribution < -0.4 is 10.1 Å². The van der Waals surface area contributed by atoms with E-state index < -0.39 is 0 Å². The van der Waals surface area contributed by atoms with Gasteiger partial charge in [0.05, 0.1) is 12.7 Å². The minimum atomic E-state index is -0.305. The van der Waals surface area contributed by atoms with E-state index in [1.54, 1.807) is 0 Å². The Morgan fingerprint density at radius 2 is 1.80 bits per heavy atom. The highest BCUT2D eigenvalue weighted by atomic mass is 16.5. The van der Waals surface area contributed by atoms with Crippen molar-refractivity contribution in [2.75, 3.05) is 13.2 Å². The highest BCUT2D eigenvalue weighted by Crippen LogP contribution is 2.21. The van der Waals surface area contributed by atoms with Crippen LogP contribution in [0.1, 0.15) is 52.6 Å². The fraction of sp³-hybridized carbons (Fsp3) is 0.647. The first-order valence-electron chi connectivity index (χ1n) is 7.46. The van der Waals surface area contributed by atoms with Crippen molar-refractivity contribution < 1.29 is 9.84 Å². The zero-order valence-electron chi connectivity index (χ0n) is 13.4. The Labute approximate surface area is 123 Å². The van der Waals surface area contributed by atoms with E-state index >= 15 is 0 Å². The van der Waals surface area contributed by atoms with E-state index in [-0.39, 0.29) is 17.6 Å². The lowest BCUT2D eigenvalue weighted by Crippen LogP contribution is -2.31. The predicted molar refractivity (Wildman–Crippen MR) is 84.1 cm³/mol. The van der Waals surface area contributed by atoms with Crippen LogP contribution in [0.3, 0.4) is 0 Å². The molecule has 0 fully saturated rings. The molecule has 0 bridgehead atoms. The Morgan fingerprint density at radius 1 is 1.20 bits per heavy atom.